The highest BCUT2D eigenvalue weighted by Gasteiger charge is 2.16. The minimum atomic E-state index is -0.0547. The van der Waals surface area contributed by atoms with Crippen LogP contribution >= 0.6 is 0 Å². The SMILES string of the molecule is O=C(CCc1ncc(-c2ccccc2)o1)NCCCn1nc2n(c1=O)CCCC2. The Morgan fingerprint density at radius 2 is 2.07 bits per heavy atom. The van der Waals surface area contributed by atoms with Gasteiger partial charge in [-0.3, -0.25) is 9.36 Å². The lowest BCUT2D eigenvalue weighted by atomic mass is 10.2. The van der Waals surface area contributed by atoms with Crippen LogP contribution in [0.4, 0.5) is 0 Å². The molecule has 0 unspecified atom stereocenters. The molecule has 0 bridgehead atoms. The monoisotopic (exact) mass is 395 g/mol. The second kappa shape index (κ2) is 8.89. The van der Waals surface area contributed by atoms with Gasteiger partial charge in [-0.1, -0.05) is 30.3 Å². The minimum absolute atomic E-state index is 0.0378. The van der Waals surface area contributed by atoms with E-state index in [9.17, 15) is 9.59 Å². The van der Waals surface area contributed by atoms with Crippen molar-refractivity contribution in [1.82, 2.24) is 24.6 Å². The molecule has 1 aromatic carbocycles. The van der Waals surface area contributed by atoms with Crippen molar-refractivity contribution in [1.29, 1.82) is 0 Å². The molecule has 0 aliphatic carbocycles. The Morgan fingerprint density at radius 3 is 2.90 bits per heavy atom. The molecule has 29 heavy (non-hydrogen) atoms. The number of hydrogen-bond acceptors (Lipinski definition) is 5. The van der Waals surface area contributed by atoms with Crippen molar-refractivity contribution in [3.05, 3.63) is 58.7 Å². The molecule has 152 valence electrons. The fourth-order valence-electron chi connectivity index (χ4n) is 3.52. The molecule has 0 saturated carbocycles. The quantitative estimate of drug-likeness (QED) is 0.590. The fraction of sp³-hybridized carbons (Fsp3) is 0.429. The second-order valence-corrected chi connectivity index (χ2v) is 7.22. The molecular formula is C21H25N5O3. The molecule has 1 N–H and O–H groups in total. The zero-order valence-electron chi connectivity index (χ0n) is 16.3. The van der Waals surface area contributed by atoms with Gasteiger partial charge in [0, 0.05) is 44.5 Å². The predicted octanol–water partition coefficient (Wildman–Crippen LogP) is 2.18. The maximum absolute atomic E-state index is 12.3. The number of rotatable bonds is 8. The Kier molecular flexibility index (Phi) is 5.88. The van der Waals surface area contributed by atoms with Gasteiger partial charge in [0.2, 0.25) is 5.91 Å². The lowest BCUT2D eigenvalue weighted by Crippen LogP contribution is -2.29. The number of nitrogens with one attached hydrogen (secondary N) is 1. The molecule has 0 radical (unpaired) electrons. The van der Waals surface area contributed by atoms with Crippen LogP contribution in [0.2, 0.25) is 0 Å². The average molecular weight is 395 g/mol. The number of carbonyl (C=O) groups excluding carboxylic acids is 1. The largest absolute Gasteiger partial charge is 0.441 e. The van der Waals surface area contributed by atoms with Gasteiger partial charge in [-0.25, -0.2) is 14.5 Å². The molecule has 3 aromatic rings. The highest BCUT2D eigenvalue weighted by molar-refractivity contribution is 5.76. The average Bonchev–Trinajstić information content (AvgIpc) is 3.36. The first kappa shape index (κ1) is 19.2. The molecular weight excluding hydrogens is 370 g/mol. The molecule has 8 heteroatoms. The Bertz CT molecular complexity index is 1020. The molecule has 0 fully saturated rings. The van der Waals surface area contributed by atoms with Crippen LogP contribution in [0.5, 0.6) is 0 Å². The van der Waals surface area contributed by atoms with Gasteiger partial charge in [0.15, 0.2) is 11.7 Å². The zero-order valence-corrected chi connectivity index (χ0v) is 16.3. The van der Waals surface area contributed by atoms with Crippen LogP contribution in [-0.2, 0) is 30.7 Å². The van der Waals surface area contributed by atoms with Gasteiger partial charge in [-0.15, -0.1) is 0 Å². The summed E-state index contributed by atoms with van der Waals surface area (Å²) in [6.07, 6.45) is 6.10. The van der Waals surface area contributed by atoms with Crippen molar-refractivity contribution >= 4 is 5.91 Å². The van der Waals surface area contributed by atoms with E-state index in [0.717, 1.165) is 37.2 Å². The van der Waals surface area contributed by atoms with E-state index in [1.165, 1.54) is 4.68 Å². The summed E-state index contributed by atoms with van der Waals surface area (Å²) in [6.45, 7) is 1.78. The molecule has 1 aliphatic heterocycles. The van der Waals surface area contributed by atoms with Crippen LogP contribution in [0.15, 0.2) is 45.7 Å². The first-order valence-corrected chi connectivity index (χ1v) is 10.1. The molecule has 8 nitrogen and oxygen atoms in total. The normalized spacial score (nSPS) is 13.2. The summed E-state index contributed by atoms with van der Waals surface area (Å²) in [5, 5.41) is 7.29. The first-order valence-electron chi connectivity index (χ1n) is 10.1. The highest BCUT2D eigenvalue weighted by atomic mass is 16.4. The molecule has 0 atom stereocenters. The van der Waals surface area contributed by atoms with Crippen LogP contribution in [0.1, 0.15) is 37.4 Å². The summed E-state index contributed by atoms with van der Waals surface area (Å²) in [4.78, 5) is 28.6. The van der Waals surface area contributed by atoms with Crippen molar-refractivity contribution < 1.29 is 9.21 Å². The van der Waals surface area contributed by atoms with Crippen LogP contribution < -0.4 is 11.0 Å². The molecule has 3 heterocycles. The van der Waals surface area contributed by atoms with Gasteiger partial charge in [0.25, 0.3) is 0 Å². The summed E-state index contributed by atoms with van der Waals surface area (Å²) >= 11 is 0. The maximum atomic E-state index is 12.3. The van der Waals surface area contributed by atoms with Crippen molar-refractivity contribution in [2.24, 2.45) is 0 Å². The van der Waals surface area contributed by atoms with E-state index >= 15 is 0 Å². The van der Waals surface area contributed by atoms with Crippen LogP contribution in [0.3, 0.4) is 0 Å². The molecule has 1 amide bonds. The topological polar surface area (TPSA) is 94.9 Å². The third-order valence-electron chi connectivity index (χ3n) is 5.08. The maximum Gasteiger partial charge on any atom is 0.345 e. The van der Waals surface area contributed by atoms with Crippen molar-refractivity contribution in [3.63, 3.8) is 0 Å². The Hall–Kier alpha value is -3.16. The number of oxazole rings is 1. The smallest absolute Gasteiger partial charge is 0.345 e. The standard InChI is InChI=1S/C21H25N5O3/c27-19(10-11-20-23-15-17(29-20)16-7-2-1-3-8-16)22-12-6-14-26-21(28)25-13-5-4-9-18(25)24-26/h1-3,7-8,15H,4-6,9-14H2,(H,22,27). The lowest BCUT2D eigenvalue weighted by molar-refractivity contribution is -0.121. The van der Waals surface area contributed by atoms with Gasteiger partial charge in [-0.2, -0.15) is 5.10 Å². The van der Waals surface area contributed by atoms with E-state index in [1.807, 2.05) is 30.3 Å². The van der Waals surface area contributed by atoms with E-state index in [-0.39, 0.29) is 11.6 Å². The summed E-state index contributed by atoms with van der Waals surface area (Å²) in [7, 11) is 0. The van der Waals surface area contributed by atoms with E-state index in [0.29, 0.717) is 44.0 Å². The van der Waals surface area contributed by atoms with E-state index in [1.54, 1.807) is 10.8 Å². The number of aryl methyl sites for hydroxylation is 3. The van der Waals surface area contributed by atoms with Gasteiger partial charge in [0.05, 0.1) is 6.20 Å². The Balaban J connectivity index is 1.19. The van der Waals surface area contributed by atoms with Crippen LogP contribution in [0, 0.1) is 0 Å². The van der Waals surface area contributed by atoms with E-state index < -0.39 is 0 Å². The highest BCUT2D eigenvalue weighted by Crippen LogP contribution is 2.20. The van der Waals surface area contributed by atoms with Gasteiger partial charge in [0.1, 0.15) is 5.82 Å². The number of benzene rings is 1. The minimum Gasteiger partial charge on any atom is -0.441 e. The van der Waals surface area contributed by atoms with Crippen LogP contribution in [-0.4, -0.2) is 31.8 Å². The molecule has 1 aliphatic rings. The molecule has 4 rings (SSSR count). The van der Waals surface area contributed by atoms with Gasteiger partial charge in [-0.05, 0) is 19.3 Å². The number of fused-ring (bicyclic) bond motifs is 1. The number of nitrogens with zero attached hydrogens (tertiary/aromatic N) is 4. The van der Waals surface area contributed by atoms with Crippen molar-refractivity contribution in [2.75, 3.05) is 6.54 Å². The van der Waals surface area contributed by atoms with Crippen LogP contribution in [0.25, 0.3) is 11.3 Å². The Labute approximate surface area is 168 Å². The summed E-state index contributed by atoms with van der Waals surface area (Å²) in [5.74, 6) is 2.08. The second-order valence-electron chi connectivity index (χ2n) is 7.22. The Morgan fingerprint density at radius 1 is 1.21 bits per heavy atom. The third-order valence-corrected chi connectivity index (χ3v) is 5.08. The number of aromatic nitrogens is 4. The number of amides is 1. The van der Waals surface area contributed by atoms with Gasteiger partial charge < -0.3 is 9.73 Å². The third kappa shape index (κ3) is 4.64. The molecule has 0 saturated heterocycles. The number of hydrogen-bond donors (Lipinski definition) is 1. The predicted molar refractivity (Wildman–Crippen MR) is 107 cm³/mol. The van der Waals surface area contributed by atoms with Crippen molar-refractivity contribution in [3.8, 4) is 11.3 Å². The molecule has 2 aromatic heterocycles. The van der Waals surface area contributed by atoms with E-state index in [2.05, 4.69) is 15.4 Å². The first-order chi connectivity index (χ1) is 14.2. The van der Waals surface area contributed by atoms with Gasteiger partial charge >= 0.3 is 5.69 Å². The fourth-order valence-corrected chi connectivity index (χ4v) is 3.52. The lowest BCUT2D eigenvalue weighted by Gasteiger charge is -2.09. The van der Waals surface area contributed by atoms with E-state index in [4.69, 9.17) is 4.42 Å². The summed E-state index contributed by atoms with van der Waals surface area (Å²) in [5.41, 5.74) is 0.927. The summed E-state index contributed by atoms with van der Waals surface area (Å²) in [6, 6.07) is 9.75. The number of carbonyl (C=O) groups is 1. The molecule has 0 spiro atoms. The summed E-state index contributed by atoms with van der Waals surface area (Å²) < 4.78 is 9.00. The van der Waals surface area contributed by atoms with Crippen molar-refractivity contribution in [2.45, 2.75) is 51.6 Å². The zero-order chi connectivity index (χ0) is 20.1.